The summed E-state index contributed by atoms with van der Waals surface area (Å²) >= 11 is 0. The van der Waals surface area contributed by atoms with Gasteiger partial charge < -0.3 is 15.8 Å². The number of likely N-dealkylation sites (tertiary alicyclic amines) is 1. The molecule has 0 aromatic carbocycles. The Morgan fingerprint density at radius 3 is 2.51 bits per heavy atom. The number of amides is 1. The molecule has 3 N–H and O–H groups in total. The number of pyridine rings is 2. The number of methoxy groups -OCH3 is 1. The summed E-state index contributed by atoms with van der Waals surface area (Å²) in [6.45, 7) is 1.50. The molecular weight excluding hydrogens is 558 g/mol. The van der Waals surface area contributed by atoms with E-state index in [1.54, 1.807) is 11.8 Å². The molecule has 16 heteroatoms. The van der Waals surface area contributed by atoms with Crippen LogP contribution in [-0.4, -0.2) is 67.8 Å². The number of nitrogens with two attached hydrogens (primary N) is 1. The highest BCUT2D eigenvalue weighted by Gasteiger charge is 2.38. The number of carbonyl (C=O) groups is 1. The maximum absolute atomic E-state index is 15.0. The van der Waals surface area contributed by atoms with Gasteiger partial charge in [-0.05, 0) is 36.8 Å². The van der Waals surface area contributed by atoms with Gasteiger partial charge in [-0.25, -0.2) is 18.9 Å². The fourth-order valence-electron chi connectivity index (χ4n) is 4.83. The van der Waals surface area contributed by atoms with E-state index in [0.29, 0.717) is 0 Å². The van der Waals surface area contributed by atoms with Crippen molar-refractivity contribution in [3.05, 3.63) is 65.4 Å². The molecule has 1 aliphatic rings. The first kappa shape index (κ1) is 28.1. The van der Waals surface area contributed by atoms with E-state index < -0.39 is 59.1 Å². The molecule has 216 valence electrons. The lowest BCUT2D eigenvalue weighted by Gasteiger charge is -2.24. The van der Waals surface area contributed by atoms with Gasteiger partial charge in [0.1, 0.15) is 23.6 Å². The maximum Gasteiger partial charge on any atom is 0.418 e. The third-order valence-electron chi connectivity index (χ3n) is 6.88. The molecular formula is C25H22F6N8O2. The highest BCUT2D eigenvalue weighted by Crippen LogP contribution is 2.39. The van der Waals surface area contributed by atoms with Gasteiger partial charge in [0.15, 0.2) is 5.82 Å². The van der Waals surface area contributed by atoms with Gasteiger partial charge in [-0.1, -0.05) is 0 Å². The zero-order chi connectivity index (χ0) is 29.6. The van der Waals surface area contributed by atoms with Crippen molar-refractivity contribution in [1.29, 1.82) is 0 Å². The molecule has 1 saturated heterocycles. The number of hydrogen-bond acceptors (Lipinski definition) is 8. The van der Waals surface area contributed by atoms with Crippen molar-refractivity contribution in [3.8, 4) is 17.1 Å². The van der Waals surface area contributed by atoms with E-state index in [1.165, 1.54) is 19.4 Å². The van der Waals surface area contributed by atoms with E-state index in [0.717, 1.165) is 29.0 Å². The molecule has 5 heterocycles. The van der Waals surface area contributed by atoms with Crippen molar-refractivity contribution in [1.82, 2.24) is 34.8 Å². The molecule has 5 rings (SSSR count). The largest absolute Gasteiger partial charge is 0.480 e. The average molecular weight is 580 g/mol. The van der Waals surface area contributed by atoms with E-state index in [2.05, 4.69) is 25.4 Å². The van der Waals surface area contributed by atoms with Gasteiger partial charge in [-0.3, -0.25) is 9.69 Å². The maximum atomic E-state index is 15.0. The first-order valence-electron chi connectivity index (χ1n) is 12.1. The van der Waals surface area contributed by atoms with Gasteiger partial charge in [-0.2, -0.15) is 32.0 Å². The predicted molar refractivity (Wildman–Crippen MR) is 132 cm³/mol. The van der Waals surface area contributed by atoms with Crippen molar-refractivity contribution in [3.63, 3.8) is 0 Å². The fraction of sp³-hybridized carbons (Fsp3) is 0.320. The quantitative estimate of drug-likeness (QED) is 0.262. The Morgan fingerprint density at radius 1 is 1.15 bits per heavy atom. The number of carbonyl (C=O) groups excluding carboxylic acids is 1. The number of halogens is 6. The molecule has 3 atom stereocenters. The van der Waals surface area contributed by atoms with E-state index in [9.17, 15) is 26.7 Å². The second-order valence-electron chi connectivity index (χ2n) is 9.40. The number of nitrogen functional groups attached to an aromatic ring is 1. The number of nitrogens with zero attached hydrogens (tertiary/aromatic N) is 6. The van der Waals surface area contributed by atoms with Crippen LogP contribution in [0.2, 0.25) is 0 Å². The minimum absolute atomic E-state index is 0.00352. The summed E-state index contributed by atoms with van der Waals surface area (Å²) < 4.78 is 89.5. The number of nitrogens with one attached hydrogen (secondary N) is 1. The summed E-state index contributed by atoms with van der Waals surface area (Å²) in [6.07, 6.45) is -4.14. The summed E-state index contributed by atoms with van der Waals surface area (Å²) in [5, 5.41) is 6.45. The monoisotopic (exact) mass is 580 g/mol. The number of rotatable bonds is 6. The lowest BCUT2D eigenvalue weighted by molar-refractivity contribution is -0.136. The Kier molecular flexibility index (Phi) is 7.19. The van der Waals surface area contributed by atoms with Crippen LogP contribution in [0.25, 0.3) is 16.8 Å². The van der Waals surface area contributed by atoms with Gasteiger partial charge in [0.25, 0.3) is 5.91 Å². The first-order chi connectivity index (χ1) is 19.4. The van der Waals surface area contributed by atoms with Crippen LogP contribution >= 0.6 is 0 Å². The Morgan fingerprint density at radius 2 is 1.85 bits per heavy atom. The Bertz CT molecular complexity index is 1610. The molecule has 1 amide bonds. The van der Waals surface area contributed by atoms with E-state index >= 15 is 4.39 Å². The molecule has 0 radical (unpaired) electrons. The molecule has 41 heavy (non-hydrogen) atoms. The molecule has 1 aliphatic heterocycles. The molecule has 0 saturated carbocycles. The Hall–Kier alpha value is -4.47. The zero-order valence-electron chi connectivity index (χ0n) is 21.5. The van der Waals surface area contributed by atoms with Crippen molar-refractivity contribution >= 4 is 17.2 Å². The SMILES string of the molecule is COc1ncc(-c2cc(C(F)(F)F)c3c(N)ncnn23)cc1C(=O)N[C@@H]1CN(C(C)c2cc(F)nc(F)c2)C[C@@H]1F. The number of fused-ring (bicyclic) bond motifs is 1. The van der Waals surface area contributed by atoms with Gasteiger partial charge in [-0.15, -0.1) is 0 Å². The summed E-state index contributed by atoms with van der Waals surface area (Å²) in [6, 6.07) is 2.53. The van der Waals surface area contributed by atoms with Crippen LogP contribution < -0.4 is 15.8 Å². The van der Waals surface area contributed by atoms with Crippen LogP contribution in [0.5, 0.6) is 5.88 Å². The lowest BCUT2D eigenvalue weighted by atomic mass is 10.1. The second kappa shape index (κ2) is 10.5. The van der Waals surface area contributed by atoms with Crippen molar-refractivity contribution in [2.45, 2.75) is 31.4 Å². The molecule has 1 fully saturated rings. The number of ether oxygens (including phenoxy) is 1. The second-order valence-corrected chi connectivity index (χ2v) is 9.40. The zero-order valence-corrected chi connectivity index (χ0v) is 21.5. The topological polar surface area (TPSA) is 124 Å². The summed E-state index contributed by atoms with van der Waals surface area (Å²) in [7, 11) is 1.24. The van der Waals surface area contributed by atoms with Gasteiger partial charge >= 0.3 is 6.18 Å². The van der Waals surface area contributed by atoms with Crippen molar-refractivity contribution < 1.29 is 35.9 Å². The highest BCUT2D eigenvalue weighted by molar-refractivity contribution is 5.98. The summed E-state index contributed by atoms with van der Waals surface area (Å²) in [4.78, 5) is 25.6. The third-order valence-corrected chi connectivity index (χ3v) is 6.88. The van der Waals surface area contributed by atoms with Crippen LogP contribution in [0.3, 0.4) is 0 Å². The van der Waals surface area contributed by atoms with Gasteiger partial charge in [0.05, 0.1) is 24.4 Å². The van der Waals surface area contributed by atoms with Crippen LogP contribution in [0.4, 0.5) is 32.2 Å². The smallest absolute Gasteiger partial charge is 0.418 e. The standard InChI is InChI=1S/C25H22F6N8O2/c1-11(12-4-19(27)37-20(28)5-12)38-8-16(26)17(9-38)36-23(40)14-3-13(7-33-24(14)41-2)18-6-15(25(29,30)31)21-22(32)34-10-35-39(18)21/h3-7,10-11,16-17H,8-9H2,1-2H3,(H,36,40)(H2,32,34,35)/t11?,16-,17+/m0/s1. The molecule has 1 unspecified atom stereocenters. The molecule has 4 aromatic rings. The van der Waals surface area contributed by atoms with Gasteiger partial charge in [0.2, 0.25) is 17.8 Å². The molecule has 0 aliphatic carbocycles. The van der Waals surface area contributed by atoms with Crippen LogP contribution in [0.1, 0.15) is 34.5 Å². The Labute approximate surface area is 228 Å². The number of alkyl halides is 4. The minimum Gasteiger partial charge on any atom is -0.480 e. The number of aromatic nitrogens is 5. The number of anilines is 1. The van der Waals surface area contributed by atoms with E-state index in [4.69, 9.17) is 10.5 Å². The van der Waals surface area contributed by atoms with Crippen molar-refractivity contribution in [2.75, 3.05) is 25.9 Å². The average Bonchev–Trinajstić information content (AvgIpc) is 3.49. The van der Waals surface area contributed by atoms with Crippen LogP contribution in [0, 0.1) is 11.9 Å². The molecule has 0 spiro atoms. The normalized spacial score (nSPS) is 18.5. The fourth-order valence-corrected chi connectivity index (χ4v) is 4.83. The minimum atomic E-state index is -4.78. The first-order valence-corrected chi connectivity index (χ1v) is 12.1. The van der Waals surface area contributed by atoms with Crippen molar-refractivity contribution in [2.24, 2.45) is 0 Å². The lowest BCUT2D eigenvalue weighted by Crippen LogP contribution is -2.41. The number of hydrogen-bond donors (Lipinski definition) is 2. The van der Waals surface area contributed by atoms with E-state index in [-0.39, 0.29) is 41.4 Å². The predicted octanol–water partition coefficient (Wildman–Crippen LogP) is 3.59. The molecule has 4 aromatic heterocycles. The van der Waals surface area contributed by atoms with Crippen LogP contribution in [-0.2, 0) is 6.18 Å². The summed E-state index contributed by atoms with van der Waals surface area (Å²) in [5.74, 6) is -3.38. The van der Waals surface area contributed by atoms with Gasteiger partial charge in [0, 0.05) is 30.9 Å². The molecule has 0 bridgehead atoms. The highest BCUT2D eigenvalue weighted by atomic mass is 19.4. The summed E-state index contributed by atoms with van der Waals surface area (Å²) in [5.41, 5.74) is 4.22. The Balaban J connectivity index is 1.43. The third kappa shape index (κ3) is 5.33. The molecule has 10 nitrogen and oxygen atoms in total. The van der Waals surface area contributed by atoms with Crippen LogP contribution in [0.15, 0.2) is 36.8 Å². The van der Waals surface area contributed by atoms with E-state index in [1.807, 2.05) is 0 Å².